The van der Waals surface area contributed by atoms with E-state index in [1.54, 1.807) is 18.2 Å². The quantitative estimate of drug-likeness (QED) is 0.690. The van der Waals surface area contributed by atoms with Gasteiger partial charge in [0.05, 0.1) is 5.56 Å². The van der Waals surface area contributed by atoms with Crippen LogP contribution in [0.4, 0.5) is 5.69 Å². The monoisotopic (exact) mass is 386 g/mol. The van der Waals surface area contributed by atoms with Crippen LogP contribution in [0.2, 0.25) is 0 Å². The zero-order valence-electron chi connectivity index (χ0n) is 15.0. The van der Waals surface area contributed by atoms with Crippen molar-refractivity contribution in [1.29, 1.82) is 0 Å². The van der Waals surface area contributed by atoms with E-state index >= 15 is 0 Å². The van der Waals surface area contributed by atoms with E-state index < -0.39 is 23.9 Å². The Morgan fingerprint density at radius 2 is 1.82 bits per heavy atom. The third kappa shape index (κ3) is 4.70. The average Bonchev–Trinajstić information content (AvgIpc) is 3.14. The lowest BCUT2D eigenvalue weighted by Crippen LogP contribution is -2.30. The Morgan fingerprint density at radius 1 is 1.11 bits per heavy atom. The maximum atomic E-state index is 12.3. The number of esters is 1. The highest BCUT2D eigenvalue weighted by Gasteiger charge is 2.20. The van der Waals surface area contributed by atoms with Gasteiger partial charge in [0.25, 0.3) is 11.8 Å². The number of ether oxygens (including phenoxy) is 4. The Balaban J connectivity index is 1.54. The molecular weight excluding hydrogens is 368 g/mol. The van der Waals surface area contributed by atoms with Crippen molar-refractivity contribution in [3.05, 3.63) is 48.0 Å². The van der Waals surface area contributed by atoms with Gasteiger partial charge in [-0.1, -0.05) is 0 Å². The van der Waals surface area contributed by atoms with Gasteiger partial charge in [-0.05, 0) is 43.3 Å². The number of amides is 2. The van der Waals surface area contributed by atoms with Crippen molar-refractivity contribution in [2.75, 3.05) is 18.7 Å². The number of benzene rings is 2. The van der Waals surface area contributed by atoms with Gasteiger partial charge in [-0.15, -0.1) is 0 Å². The van der Waals surface area contributed by atoms with E-state index in [2.05, 4.69) is 5.32 Å². The minimum Gasteiger partial charge on any atom is -0.484 e. The number of carbonyl (C=O) groups is 3. The molecular formula is C19H18N2O7. The Hall–Kier alpha value is -3.75. The van der Waals surface area contributed by atoms with Crippen LogP contribution in [0.3, 0.4) is 0 Å². The summed E-state index contributed by atoms with van der Waals surface area (Å²) in [6.45, 7) is 1.33. The van der Waals surface area contributed by atoms with E-state index in [0.717, 1.165) is 0 Å². The van der Waals surface area contributed by atoms with E-state index in [1.165, 1.54) is 31.2 Å². The lowest BCUT2D eigenvalue weighted by molar-refractivity contribution is -0.123. The molecule has 0 bridgehead atoms. The summed E-state index contributed by atoms with van der Waals surface area (Å²) in [6.07, 6.45) is -1.02. The lowest BCUT2D eigenvalue weighted by Gasteiger charge is -2.14. The second kappa shape index (κ2) is 8.30. The van der Waals surface area contributed by atoms with E-state index in [0.29, 0.717) is 22.9 Å². The van der Waals surface area contributed by atoms with E-state index in [-0.39, 0.29) is 19.0 Å². The normalized spacial score (nSPS) is 12.8. The summed E-state index contributed by atoms with van der Waals surface area (Å²) in [6, 6.07) is 10.9. The molecule has 146 valence electrons. The van der Waals surface area contributed by atoms with Gasteiger partial charge in [-0.25, -0.2) is 4.79 Å². The number of primary amides is 1. The van der Waals surface area contributed by atoms with Crippen molar-refractivity contribution in [3.8, 4) is 17.2 Å². The highest BCUT2D eigenvalue weighted by atomic mass is 16.7. The third-order valence-corrected chi connectivity index (χ3v) is 3.76. The molecule has 0 spiro atoms. The first-order valence-electron chi connectivity index (χ1n) is 8.35. The fourth-order valence-electron chi connectivity index (χ4n) is 2.34. The van der Waals surface area contributed by atoms with Crippen molar-refractivity contribution in [1.82, 2.24) is 0 Å². The Morgan fingerprint density at radius 3 is 2.54 bits per heavy atom. The standard InChI is InChI=1S/C19H18N2O7/c1-11(18(23)21-13-4-7-15-16(8-13)27-10-26-15)28-19(24)12-2-5-14(6-3-12)25-9-17(20)22/h2-8,11H,9-10H2,1H3,(H2,20,22)(H,21,23)/t11-/m0/s1. The maximum absolute atomic E-state index is 12.3. The minimum atomic E-state index is -1.02. The van der Waals surface area contributed by atoms with Gasteiger partial charge < -0.3 is 30.0 Å². The maximum Gasteiger partial charge on any atom is 0.338 e. The SMILES string of the molecule is C[C@H](OC(=O)c1ccc(OCC(N)=O)cc1)C(=O)Nc1ccc2c(c1)OCO2. The summed E-state index contributed by atoms with van der Waals surface area (Å²) in [7, 11) is 0. The van der Waals surface area contributed by atoms with Crippen molar-refractivity contribution in [2.24, 2.45) is 5.73 Å². The smallest absolute Gasteiger partial charge is 0.338 e. The molecule has 1 atom stereocenters. The van der Waals surface area contributed by atoms with Crippen LogP contribution >= 0.6 is 0 Å². The highest BCUT2D eigenvalue weighted by molar-refractivity contribution is 5.97. The summed E-state index contributed by atoms with van der Waals surface area (Å²) in [5, 5.41) is 2.65. The van der Waals surface area contributed by atoms with Crippen molar-refractivity contribution in [3.63, 3.8) is 0 Å². The van der Waals surface area contributed by atoms with Crippen molar-refractivity contribution < 1.29 is 33.3 Å². The molecule has 0 saturated carbocycles. The predicted molar refractivity (Wildman–Crippen MR) is 97.2 cm³/mol. The van der Waals surface area contributed by atoms with Crippen LogP contribution in [0.5, 0.6) is 17.2 Å². The van der Waals surface area contributed by atoms with Gasteiger partial charge in [-0.3, -0.25) is 9.59 Å². The third-order valence-electron chi connectivity index (χ3n) is 3.76. The number of nitrogens with one attached hydrogen (secondary N) is 1. The van der Waals surface area contributed by atoms with Crippen LogP contribution in [0.15, 0.2) is 42.5 Å². The molecule has 2 aromatic rings. The molecule has 3 rings (SSSR count). The second-order valence-corrected chi connectivity index (χ2v) is 5.88. The molecule has 1 aliphatic heterocycles. The minimum absolute atomic E-state index is 0.132. The van der Waals surface area contributed by atoms with Crippen LogP contribution < -0.4 is 25.3 Å². The van der Waals surface area contributed by atoms with Crippen LogP contribution in [-0.4, -0.2) is 37.3 Å². The molecule has 0 aliphatic carbocycles. The molecule has 0 unspecified atom stereocenters. The van der Waals surface area contributed by atoms with E-state index in [9.17, 15) is 14.4 Å². The summed E-state index contributed by atoms with van der Waals surface area (Å²) in [4.78, 5) is 35.1. The van der Waals surface area contributed by atoms with E-state index in [1.807, 2.05) is 0 Å². The van der Waals surface area contributed by atoms with Gasteiger partial charge in [0.2, 0.25) is 6.79 Å². The molecule has 28 heavy (non-hydrogen) atoms. The van der Waals surface area contributed by atoms with Crippen molar-refractivity contribution >= 4 is 23.5 Å². The largest absolute Gasteiger partial charge is 0.484 e. The fourth-order valence-corrected chi connectivity index (χ4v) is 2.34. The molecule has 0 aromatic heterocycles. The molecule has 1 aliphatic rings. The zero-order chi connectivity index (χ0) is 20.1. The molecule has 3 N–H and O–H groups in total. The lowest BCUT2D eigenvalue weighted by atomic mass is 10.2. The Bertz CT molecular complexity index is 896. The number of rotatable bonds is 7. The first kappa shape index (κ1) is 19.0. The van der Waals surface area contributed by atoms with Crippen LogP contribution in [0, 0.1) is 0 Å². The first-order chi connectivity index (χ1) is 13.4. The number of hydrogen-bond donors (Lipinski definition) is 2. The predicted octanol–water partition coefficient (Wildman–Crippen LogP) is 1.46. The molecule has 2 aromatic carbocycles. The molecule has 9 heteroatoms. The van der Waals surface area contributed by atoms with Gasteiger partial charge in [0.1, 0.15) is 5.75 Å². The van der Waals surface area contributed by atoms with Crippen LogP contribution in [0.25, 0.3) is 0 Å². The fraction of sp³-hybridized carbons (Fsp3) is 0.211. The van der Waals surface area contributed by atoms with Gasteiger partial charge in [0, 0.05) is 11.8 Å². The summed E-state index contributed by atoms with van der Waals surface area (Å²) in [5.74, 6) is -0.264. The molecule has 0 saturated heterocycles. The van der Waals surface area contributed by atoms with Crippen LogP contribution in [0.1, 0.15) is 17.3 Å². The number of fused-ring (bicyclic) bond motifs is 1. The molecule has 9 nitrogen and oxygen atoms in total. The topological polar surface area (TPSA) is 126 Å². The highest BCUT2D eigenvalue weighted by Crippen LogP contribution is 2.34. The zero-order valence-corrected chi connectivity index (χ0v) is 15.0. The Kier molecular flexibility index (Phi) is 5.64. The second-order valence-electron chi connectivity index (χ2n) is 5.88. The summed E-state index contributed by atoms with van der Waals surface area (Å²) >= 11 is 0. The first-order valence-corrected chi connectivity index (χ1v) is 8.35. The van der Waals surface area contributed by atoms with E-state index in [4.69, 9.17) is 24.7 Å². The molecule has 1 heterocycles. The molecule has 0 radical (unpaired) electrons. The van der Waals surface area contributed by atoms with Gasteiger partial charge in [-0.2, -0.15) is 0 Å². The van der Waals surface area contributed by atoms with Crippen molar-refractivity contribution in [2.45, 2.75) is 13.0 Å². The number of carbonyl (C=O) groups excluding carboxylic acids is 3. The Labute approximate surface area is 160 Å². The summed E-state index contributed by atoms with van der Waals surface area (Å²) in [5.41, 5.74) is 5.72. The molecule has 2 amide bonds. The number of nitrogens with two attached hydrogens (primary N) is 1. The van der Waals surface area contributed by atoms with Gasteiger partial charge >= 0.3 is 5.97 Å². The average molecular weight is 386 g/mol. The summed E-state index contributed by atoms with van der Waals surface area (Å²) < 4.78 is 20.7. The molecule has 0 fully saturated rings. The van der Waals surface area contributed by atoms with Crippen LogP contribution in [-0.2, 0) is 14.3 Å². The number of hydrogen-bond acceptors (Lipinski definition) is 7. The number of anilines is 1. The van der Waals surface area contributed by atoms with Gasteiger partial charge in [0.15, 0.2) is 24.2 Å².